The number of carbonyl (C=O) groups excluding carboxylic acids is 1. The molecule has 0 bridgehead atoms. The molecule has 0 fully saturated rings. The van der Waals surface area contributed by atoms with Gasteiger partial charge in [0.05, 0.1) is 13.2 Å². The summed E-state index contributed by atoms with van der Waals surface area (Å²) >= 11 is 0. The fourth-order valence-electron chi connectivity index (χ4n) is 3.75. The lowest BCUT2D eigenvalue weighted by Gasteiger charge is -2.34. The van der Waals surface area contributed by atoms with E-state index in [1.807, 2.05) is 6.92 Å². The quantitative estimate of drug-likeness (QED) is 0.562. The molecule has 0 heterocycles. The molecule has 0 radical (unpaired) electrons. The average molecular weight is 361 g/mol. The number of hydrogen-bond acceptors (Lipinski definition) is 3. The van der Waals surface area contributed by atoms with Crippen molar-refractivity contribution in [2.45, 2.75) is 66.4 Å². The third-order valence-electron chi connectivity index (χ3n) is 5.30. The maximum atomic E-state index is 12.3. The van der Waals surface area contributed by atoms with E-state index in [2.05, 4.69) is 52.0 Å². The summed E-state index contributed by atoms with van der Waals surface area (Å²) in [7, 11) is 1.48. The zero-order valence-electron chi connectivity index (χ0n) is 17.3. The van der Waals surface area contributed by atoms with Crippen molar-refractivity contribution < 1.29 is 14.6 Å². The molecule has 0 saturated carbocycles. The van der Waals surface area contributed by atoms with E-state index in [1.54, 1.807) is 6.08 Å². The van der Waals surface area contributed by atoms with Gasteiger partial charge in [-0.05, 0) is 58.4 Å². The van der Waals surface area contributed by atoms with E-state index in [0.717, 1.165) is 25.7 Å². The Morgan fingerprint density at radius 1 is 1.27 bits per heavy atom. The molecular formula is C23H36O3. The second-order valence-corrected chi connectivity index (χ2v) is 7.52. The van der Waals surface area contributed by atoms with E-state index in [0.29, 0.717) is 0 Å². The Morgan fingerprint density at radius 2 is 1.92 bits per heavy atom. The Morgan fingerprint density at radius 3 is 2.54 bits per heavy atom. The first-order valence-electron chi connectivity index (χ1n) is 9.74. The van der Waals surface area contributed by atoms with Crippen molar-refractivity contribution in [1.29, 1.82) is 0 Å². The number of hydrogen-bond donors (Lipinski definition) is 1. The Bertz CT molecular complexity index is 580. The first-order chi connectivity index (χ1) is 12.3. The number of aliphatic hydroxyl groups excluding tert-OH is 1. The van der Waals surface area contributed by atoms with E-state index >= 15 is 0 Å². The molecule has 0 saturated heterocycles. The highest BCUT2D eigenvalue weighted by molar-refractivity contribution is 5.96. The van der Waals surface area contributed by atoms with Crippen LogP contribution in [-0.4, -0.2) is 24.1 Å². The minimum atomic E-state index is -0.648. The molecule has 0 amide bonds. The molecule has 146 valence electrons. The highest BCUT2D eigenvalue weighted by atomic mass is 16.5. The van der Waals surface area contributed by atoms with Gasteiger partial charge in [-0.2, -0.15) is 0 Å². The summed E-state index contributed by atoms with van der Waals surface area (Å²) in [6, 6.07) is 0. The van der Waals surface area contributed by atoms with Crippen LogP contribution in [-0.2, 0) is 9.53 Å². The van der Waals surface area contributed by atoms with E-state index in [-0.39, 0.29) is 29.3 Å². The van der Waals surface area contributed by atoms with Crippen LogP contribution in [0.25, 0.3) is 0 Å². The van der Waals surface area contributed by atoms with Gasteiger partial charge in [0.1, 0.15) is 0 Å². The fourth-order valence-corrected chi connectivity index (χ4v) is 3.75. The Balaban J connectivity index is 2.64. The predicted molar refractivity (Wildman–Crippen MR) is 109 cm³/mol. The van der Waals surface area contributed by atoms with Gasteiger partial charge in [-0.1, -0.05) is 49.3 Å². The smallest absolute Gasteiger partial charge is 0.200 e. The molecule has 0 aromatic rings. The van der Waals surface area contributed by atoms with Gasteiger partial charge in [0.2, 0.25) is 0 Å². The van der Waals surface area contributed by atoms with Crippen LogP contribution in [0.3, 0.4) is 0 Å². The summed E-state index contributed by atoms with van der Waals surface area (Å²) in [6.45, 7) is 10.4. The van der Waals surface area contributed by atoms with E-state index < -0.39 is 6.10 Å². The lowest BCUT2D eigenvalue weighted by Crippen LogP contribution is -2.39. The maximum absolute atomic E-state index is 12.3. The lowest BCUT2D eigenvalue weighted by atomic mass is 9.73. The van der Waals surface area contributed by atoms with Crippen molar-refractivity contribution in [1.82, 2.24) is 0 Å². The standard InChI is InChI=1S/C23H36O3/c1-7-8-9-11-16(2)12-10-13-17(3)14-18(4)22-19(5)23(25)21(26-6)15-20(22)24/h7-8,12,14-15,18-20,22,24H,9-11,13H2,1-6H3/b8-7?,16-12+,17-14+. The van der Waals surface area contributed by atoms with Crippen LogP contribution in [0, 0.1) is 17.8 Å². The molecule has 26 heavy (non-hydrogen) atoms. The molecule has 4 atom stereocenters. The van der Waals surface area contributed by atoms with Gasteiger partial charge in [0.25, 0.3) is 0 Å². The molecule has 0 aromatic carbocycles. The maximum Gasteiger partial charge on any atom is 0.200 e. The van der Waals surface area contributed by atoms with Crippen LogP contribution < -0.4 is 0 Å². The average Bonchev–Trinajstić information content (AvgIpc) is 2.58. The molecule has 1 aliphatic rings. The number of methoxy groups -OCH3 is 1. The Hall–Kier alpha value is -1.61. The second kappa shape index (κ2) is 11.2. The molecule has 3 heteroatoms. The number of carbonyl (C=O) groups is 1. The molecule has 0 spiro atoms. The van der Waals surface area contributed by atoms with Crippen LogP contribution in [0.15, 0.2) is 47.3 Å². The summed E-state index contributed by atoms with van der Waals surface area (Å²) in [5.41, 5.74) is 2.74. The van der Waals surface area contributed by atoms with Crippen LogP contribution in [0.1, 0.15) is 60.3 Å². The first kappa shape index (κ1) is 22.4. The van der Waals surface area contributed by atoms with E-state index in [9.17, 15) is 9.90 Å². The Labute approximate surface area is 159 Å². The highest BCUT2D eigenvalue weighted by Gasteiger charge is 2.38. The number of aliphatic hydroxyl groups is 1. The predicted octanol–water partition coefficient (Wildman–Crippen LogP) is 5.38. The van der Waals surface area contributed by atoms with Gasteiger partial charge in [0, 0.05) is 11.8 Å². The van der Waals surface area contributed by atoms with Gasteiger partial charge >= 0.3 is 0 Å². The van der Waals surface area contributed by atoms with E-state index in [4.69, 9.17) is 4.74 Å². The van der Waals surface area contributed by atoms with Crippen LogP contribution in [0.5, 0.6) is 0 Å². The van der Waals surface area contributed by atoms with Gasteiger partial charge in [-0.25, -0.2) is 0 Å². The molecule has 1 N–H and O–H groups in total. The van der Waals surface area contributed by atoms with Gasteiger partial charge in [0.15, 0.2) is 11.5 Å². The number of ether oxygens (including phenoxy) is 1. The summed E-state index contributed by atoms with van der Waals surface area (Å²) in [5.74, 6) is 0.0682. The second-order valence-electron chi connectivity index (χ2n) is 7.52. The fraction of sp³-hybridized carbons (Fsp3) is 0.609. The molecule has 1 aliphatic carbocycles. The summed E-state index contributed by atoms with van der Waals surface area (Å²) in [6.07, 6.45) is 14.0. The summed E-state index contributed by atoms with van der Waals surface area (Å²) in [5, 5.41) is 10.4. The SMILES string of the molecule is CC=CCC/C(C)=C/CC/C(C)=C/C(C)C1C(O)C=C(OC)C(=O)C1C. The highest BCUT2D eigenvalue weighted by Crippen LogP contribution is 2.34. The first-order valence-corrected chi connectivity index (χ1v) is 9.74. The zero-order valence-corrected chi connectivity index (χ0v) is 17.3. The molecule has 3 nitrogen and oxygen atoms in total. The van der Waals surface area contributed by atoms with E-state index in [1.165, 1.54) is 18.3 Å². The number of rotatable bonds is 9. The number of allylic oxidation sites excluding steroid dienone is 7. The van der Waals surface area contributed by atoms with Crippen molar-refractivity contribution in [2.75, 3.05) is 7.11 Å². The third-order valence-corrected chi connectivity index (χ3v) is 5.30. The minimum Gasteiger partial charge on any atom is -0.493 e. The van der Waals surface area contributed by atoms with Crippen molar-refractivity contribution in [3.05, 3.63) is 47.3 Å². The van der Waals surface area contributed by atoms with Crippen molar-refractivity contribution in [3.8, 4) is 0 Å². The van der Waals surface area contributed by atoms with Crippen LogP contribution >= 0.6 is 0 Å². The topological polar surface area (TPSA) is 46.5 Å². The normalized spacial score (nSPS) is 26.2. The number of ketones is 1. The molecule has 4 unspecified atom stereocenters. The zero-order chi connectivity index (χ0) is 19.7. The lowest BCUT2D eigenvalue weighted by molar-refractivity contribution is -0.126. The summed E-state index contributed by atoms with van der Waals surface area (Å²) < 4.78 is 5.09. The number of Topliss-reactive ketones (excluding diaryl/α,β-unsaturated/α-hetero) is 1. The molecule has 1 rings (SSSR count). The van der Waals surface area contributed by atoms with Crippen LogP contribution in [0.4, 0.5) is 0 Å². The van der Waals surface area contributed by atoms with Gasteiger partial charge in [-0.15, -0.1) is 0 Å². The van der Waals surface area contributed by atoms with Crippen molar-refractivity contribution in [2.24, 2.45) is 17.8 Å². The minimum absolute atomic E-state index is 0.0135. The third kappa shape index (κ3) is 6.60. The largest absolute Gasteiger partial charge is 0.493 e. The van der Waals surface area contributed by atoms with Crippen LogP contribution in [0.2, 0.25) is 0 Å². The van der Waals surface area contributed by atoms with Gasteiger partial charge < -0.3 is 9.84 Å². The Kier molecular flexibility index (Phi) is 9.64. The molecular weight excluding hydrogens is 324 g/mol. The summed E-state index contributed by atoms with van der Waals surface area (Å²) in [4.78, 5) is 12.3. The molecule has 0 aromatic heterocycles. The monoisotopic (exact) mass is 360 g/mol. The van der Waals surface area contributed by atoms with Gasteiger partial charge in [-0.3, -0.25) is 4.79 Å². The van der Waals surface area contributed by atoms with Crippen molar-refractivity contribution in [3.63, 3.8) is 0 Å². The molecule has 0 aliphatic heterocycles. The van der Waals surface area contributed by atoms with Crippen molar-refractivity contribution >= 4 is 5.78 Å².